The lowest BCUT2D eigenvalue weighted by Gasteiger charge is -2.17. The highest BCUT2D eigenvalue weighted by atomic mass is 19.1. The molecule has 3 rings (SSSR count). The summed E-state index contributed by atoms with van der Waals surface area (Å²) >= 11 is 0. The number of rotatable bonds is 3. The molecular formula is C17H16F2N2O2. The molecule has 1 aromatic heterocycles. The van der Waals surface area contributed by atoms with Gasteiger partial charge in [-0.05, 0) is 24.6 Å². The summed E-state index contributed by atoms with van der Waals surface area (Å²) in [6.07, 6.45) is 2.06. The van der Waals surface area contributed by atoms with E-state index in [-0.39, 0.29) is 12.6 Å². The molecule has 1 unspecified atom stereocenters. The van der Waals surface area contributed by atoms with E-state index in [9.17, 15) is 13.6 Å². The van der Waals surface area contributed by atoms with Gasteiger partial charge in [-0.2, -0.15) is 0 Å². The molecule has 0 spiro atoms. The monoisotopic (exact) mass is 318 g/mol. The summed E-state index contributed by atoms with van der Waals surface area (Å²) in [5.41, 5.74) is 0.511. The average molecular weight is 318 g/mol. The summed E-state index contributed by atoms with van der Waals surface area (Å²) in [7, 11) is 0. The van der Waals surface area contributed by atoms with Gasteiger partial charge < -0.3 is 9.64 Å². The molecule has 1 aromatic carbocycles. The molecule has 1 aliphatic rings. The maximum absolute atomic E-state index is 13.7. The van der Waals surface area contributed by atoms with Crippen molar-refractivity contribution in [2.24, 2.45) is 0 Å². The van der Waals surface area contributed by atoms with Crippen molar-refractivity contribution in [1.82, 2.24) is 9.88 Å². The number of ether oxygens (including phenoxy) is 1. The van der Waals surface area contributed by atoms with Crippen LogP contribution < -0.4 is 4.74 Å². The second-order valence-corrected chi connectivity index (χ2v) is 5.55. The molecule has 0 radical (unpaired) electrons. The first-order chi connectivity index (χ1) is 11.0. The topological polar surface area (TPSA) is 42.4 Å². The molecule has 120 valence electrons. The Kier molecular flexibility index (Phi) is 4.23. The maximum Gasteiger partial charge on any atom is 0.259 e. The Morgan fingerprint density at radius 1 is 1.26 bits per heavy atom. The van der Waals surface area contributed by atoms with E-state index >= 15 is 0 Å². The maximum atomic E-state index is 13.7. The molecule has 0 aliphatic carbocycles. The van der Waals surface area contributed by atoms with Gasteiger partial charge in [0.25, 0.3) is 5.91 Å². The highest BCUT2D eigenvalue weighted by Crippen LogP contribution is 2.21. The minimum Gasteiger partial charge on any atom is -0.472 e. The molecule has 4 nitrogen and oxygen atoms in total. The summed E-state index contributed by atoms with van der Waals surface area (Å²) in [4.78, 5) is 17.9. The average Bonchev–Trinajstić information content (AvgIpc) is 2.98. The molecule has 23 heavy (non-hydrogen) atoms. The summed E-state index contributed by atoms with van der Waals surface area (Å²) < 4.78 is 33.1. The summed E-state index contributed by atoms with van der Waals surface area (Å²) in [5, 5.41) is 0. The molecule has 1 atom stereocenters. The standard InChI is InChI=1S/C17H16F2N2O2/c1-11-5-6-15(20-9-11)23-12-7-8-21(10-12)17(22)16-13(18)3-2-4-14(16)19/h2-6,9,12H,7-8,10H2,1H3. The number of hydrogen-bond donors (Lipinski definition) is 0. The zero-order valence-electron chi connectivity index (χ0n) is 12.6. The number of aromatic nitrogens is 1. The van der Waals surface area contributed by atoms with Crippen molar-refractivity contribution in [3.8, 4) is 5.88 Å². The van der Waals surface area contributed by atoms with Crippen molar-refractivity contribution in [3.05, 3.63) is 59.3 Å². The van der Waals surface area contributed by atoms with Crippen molar-refractivity contribution in [3.63, 3.8) is 0 Å². The zero-order valence-corrected chi connectivity index (χ0v) is 12.6. The lowest BCUT2D eigenvalue weighted by atomic mass is 10.1. The van der Waals surface area contributed by atoms with Gasteiger partial charge in [-0.25, -0.2) is 13.8 Å². The Morgan fingerprint density at radius 2 is 2.00 bits per heavy atom. The quantitative estimate of drug-likeness (QED) is 0.874. The highest BCUT2D eigenvalue weighted by Gasteiger charge is 2.31. The molecule has 1 aliphatic heterocycles. The third-order valence-corrected chi connectivity index (χ3v) is 3.78. The van der Waals surface area contributed by atoms with Gasteiger partial charge in [0.2, 0.25) is 5.88 Å². The molecule has 0 N–H and O–H groups in total. The smallest absolute Gasteiger partial charge is 0.259 e. The van der Waals surface area contributed by atoms with E-state index in [1.807, 2.05) is 13.0 Å². The first kappa shape index (κ1) is 15.4. The molecule has 6 heteroatoms. The van der Waals surface area contributed by atoms with Crippen LogP contribution in [0.4, 0.5) is 8.78 Å². The van der Waals surface area contributed by atoms with Crippen molar-refractivity contribution in [2.75, 3.05) is 13.1 Å². The predicted molar refractivity (Wildman–Crippen MR) is 80.3 cm³/mol. The number of pyridine rings is 1. The molecule has 2 aromatic rings. The lowest BCUT2D eigenvalue weighted by Crippen LogP contribution is -2.32. The van der Waals surface area contributed by atoms with Gasteiger partial charge in [0.15, 0.2) is 0 Å². The largest absolute Gasteiger partial charge is 0.472 e. The van der Waals surface area contributed by atoms with Crippen molar-refractivity contribution in [2.45, 2.75) is 19.4 Å². The van der Waals surface area contributed by atoms with E-state index in [1.165, 1.54) is 11.0 Å². The Morgan fingerprint density at radius 3 is 2.65 bits per heavy atom. The second kappa shape index (κ2) is 6.32. The zero-order chi connectivity index (χ0) is 16.4. The normalized spacial score (nSPS) is 17.3. The highest BCUT2D eigenvalue weighted by molar-refractivity contribution is 5.95. The van der Waals surface area contributed by atoms with E-state index in [2.05, 4.69) is 4.98 Å². The number of amides is 1. The van der Waals surface area contributed by atoms with Gasteiger partial charge in [0.05, 0.1) is 6.54 Å². The molecule has 0 saturated carbocycles. The molecule has 2 heterocycles. The number of halogens is 2. The van der Waals surface area contributed by atoms with Crippen LogP contribution in [0, 0.1) is 18.6 Å². The number of nitrogens with zero attached hydrogens (tertiary/aromatic N) is 2. The molecule has 1 fully saturated rings. The van der Waals surface area contributed by atoms with Crippen LogP contribution in [0.25, 0.3) is 0 Å². The van der Waals surface area contributed by atoms with Crippen LogP contribution in [0.5, 0.6) is 5.88 Å². The third-order valence-electron chi connectivity index (χ3n) is 3.78. The Bertz CT molecular complexity index is 699. The Hall–Kier alpha value is -2.50. The second-order valence-electron chi connectivity index (χ2n) is 5.55. The summed E-state index contributed by atoms with van der Waals surface area (Å²) in [6.45, 7) is 2.60. The minimum absolute atomic E-state index is 0.232. The molecule has 1 amide bonds. The van der Waals surface area contributed by atoms with Crippen LogP contribution in [-0.4, -0.2) is 35.0 Å². The fourth-order valence-electron chi connectivity index (χ4n) is 2.56. The fourth-order valence-corrected chi connectivity index (χ4v) is 2.56. The van der Waals surface area contributed by atoms with Gasteiger partial charge in [-0.1, -0.05) is 12.1 Å². The van der Waals surface area contributed by atoms with Gasteiger partial charge >= 0.3 is 0 Å². The number of carbonyl (C=O) groups excluding carboxylic acids is 1. The van der Waals surface area contributed by atoms with E-state index in [4.69, 9.17) is 4.74 Å². The van der Waals surface area contributed by atoms with Crippen molar-refractivity contribution < 1.29 is 18.3 Å². The van der Waals surface area contributed by atoms with Crippen molar-refractivity contribution >= 4 is 5.91 Å². The number of aryl methyl sites for hydroxylation is 1. The number of carbonyl (C=O) groups is 1. The van der Waals surface area contributed by atoms with Crippen LogP contribution in [0.2, 0.25) is 0 Å². The predicted octanol–water partition coefficient (Wildman–Crippen LogP) is 2.96. The van der Waals surface area contributed by atoms with E-state index in [0.29, 0.717) is 18.8 Å². The number of benzene rings is 1. The van der Waals surface area contributed by atoms with Crippen LogP contribution in [0.3, 0.4) is 0 Å². The Balaban J connectivity index is 1.67. The Labute approximate surface area is 132 Å². The summed E-state index contributed by atoms with van der Waals surface area (Å²) in [6, 6.07) is 7.04. The molecule has 1 saturated heterocycles. The van der Waals surface area contributed by atoms with Crippen LogP contribution in [0.15, 0.2) is 36.5 Å². The first-order valence-corrected chi connectivity index (χ1v) is 7.37. The van der Waals surface area contributed by atoms with E-state index < -0.39 is 23.1 Å². The number of hydrogen-bond acceptors (Lipinski definition) is 3. The van der Waals surface area contributed by atoms with Crippen LogP contribution in [0.1, 0.15) is 22.3 Å². The van der Waals surface area contributed by atoms with Gasteiger partial charge in [-0.3, -0.25) is 4.79 Å². The summed E-state index contributed by atoms with van der Waals surface area (Å²) in [5.74, 6) is -1.87. The van der Waals surface area contributed by atoms with Gasteiger partial charge in [0, 0.05) is 25.2 Å². The lowest BCUT2D eigenvalue weighted by molar-refractivity contribution is 0.0761. The van der Waals surface area contributed by atoms with Gasteiger partial charge in [0.1, 0.15) is 23.3 Å². The SMILES string of the molecule is Cc1ccc(OC2CCN(C(=O)c3c(F)cccc3F)C2)nc1. The fraction of sp³-hybridized carbons (Fsp3) is 0.294. The molecule has 0 bridgehead atoms. The first-order valence-electron chi connectivity index (χ1n) is 7.37. The number of likely N-dealkylation sites (tertiary alicyclic amines) is 1. The minimum atomic E-state index is -0.848. The van der Waals surface area contributed by atoms with E-state index in [0.717, 1.165) is 17.7 Å². The van der Waals surface area contributed by atoms with Gasteiger partial charge in [-0.15, -0.1) is 0 Å². The van der Waals surface area contributed by atoms with Crippen LogP contribution in [-0.2, 0) is 0 Å². The molecular weight excluding hydrogens is 302 g/mol. The third kappa shape index (κ3) is 3.31. The van der Waals surface area contributed by atoms with Crippen LogP contribution >= 0.6 is 0 Å². The van der Waals surface area contributed by atoms with Crippen molar-refractivity contribution in [1.29, 1.82) is 0 Å². The van der Waals surface area contributed by atoms with E-state index in [1.54, 1.807) is 12.3 Å².